The van der Waals surface area contributed by atoms with E-state index in [1.165, 1.54) is 0 Å². The van der Waals surface area contributed by atoms with Crippen molar-refractivity contribution >= 4 is 17.2 Å². The fourth-order valence-corrected chi connectivity index (χ4v) is 1.87. The van der Waals surface area contributed by atoms with Gasteiger partial charge in [0.2, 0.25) is 0 Å². The molecule has 0 aromatic carbocycles. The van der Waals surface area contributed by atoms with E-state index in [1.807, 2.05) is 13.0 Å². The number of rotatable bonds is 7. The lowest BCUT2D eigenvalue weighted by atomic mass is 10.2. The molecule has 1 aromatic rings. The van der Waals surface area contributed by atoms with E-state index in [0.29, 0.717) is 4.99 Å². The Morgan fingerprint density at radius 2 is 2.18 bits per heavy atom. The molecular weight excluding hydrogens is 230 g/mol. The van der Waals surface area contributed by atoms with E-state index in [2.05, 4.69) is 29.1 Å². The van der Waals surface area contributed by atoms with Crippen LogP contribution in [0.5, 0.6) is 0 Å². The number of hydrogen-bond donors (Lipinski definition) is 1. The highest BCUT2D eigenvalue weighted by atomic mass is 32.1. The van der Waals surface area contributed by atoms with Crippen LogP contribution in [0.1, 0.15) is 30.7 Å². The molecule has 0 bridgehead atoms. The van der Waals surface area contributed by atoms with Gasteiger partial charge in [-0.05, 0) is 51.9 Å². The van der Waals surface area contributed by atoms with Crippen LogP contribution in [0, 0.1) is 6.92 Å². The van der Waals surface area contributed by atoms with Gasteiger partial charge in [-0.3, -0.25) is 4.98 Å². The summed E-state index contributed by atoms with van der Waals surface area (Å²) in [7, 11) is 2.12. The fourth-order valence-electron chi connectivity index (χ4n) is 1.72. The molecule has 1 rings (SSSR count). The van der Waals surface area contributed by atoms with Gasteiger partial charge in [0.05, 0.1) is 10.7 Å². The average molecular weight is 251 g/mol. The maximum Gasteiger partial charge on any atom is 0.0727 e. The molecule has 0 atom stereocenters. The second-order valence-corrected chi connectivity index (χ2v) is 4.96. The van der Waals surface area contributed by atoms with Crippen LogP contribution in [0.3, 0.4) is 0 Å². The first-order valence-electron chi connectivity index (χ1n) is 5.97. The number of aromatic nitrogens is 1. The predicted molar refractivity (Wildman–Crippen MR) is 75.9 cm³/mol. The summed E-state index contributed by atoms with van der Waals surface area (Å²) >= 11 is 4.85. The summed E-state index contributed by atoms with van der Waals surface area (Å²) in [6, 6.07) is 6.14. The van der Waals surface area contributed by atoms with E-state index >= 15 is 0 Å². The van der Waals surface area contributed by atoms with Crippen LogP contribution in [-0.4, -0.2) is 28.5 Å². The van der Waals surface area contributed by atoms with Crippen molar-refractivity contribution in [3.05, 3.63) is 29.6 Å². The van der Waals surface area contributed by atoms with Gasteiger partial charge in [0, 0.05) is 12.2 Å². The minimum Gasteiger partial charge on any atom is -0.393 e. The number of nitrogens with two attached hydrogens (primary N) is 1. The number of unbranched alkanes of at least 4 members (excludes halogenated alkanes) is 1. The smallest absolute Gasteiger partial charge is 0.0727 e. The van der Waals surface area contributed by atoms with Crippen molar-refractivity contribution in [1.82, 2.24) is 9.88 Å². The summed E-state index contributed by atoms with van der Waals surface area (Å²) in [6.07, 6.45) is 3.05. The SMILES string of the molecule is Cc1cccc(CN(C)CCCCC(N)=S)n1. The third-order valence-electron chi connectivity index (χ3n) is 2.59. The van der Waals surface area contributed by atoms with Crippen molar-refractivity contribution in [1.29, 1.82) is 0 Å². The minimum absolute atomic E-state index is 0.619. The molecule has 0 spiro atoms. The Kier molecular flexibility index (Phi) is 6.08. The largest absolute Gasteiger partial charge is 0.393 e. The highest BCUT2D eigenvalue weighted by Gasteiger charge is 2.01. The number of thiocarbonyl (C=S) groups is 1. The van der Waals surface area contributed by atoms with Gasteiger partial charge in [0.25, 0.3) is 0 Å². The third-order valence-corrected chi connectivity index (χ3v) is 2.80. The Labute approximate surface area is 109 Å². The van der Waals surface area contributed by atoms with Crippen molar-refractivity contribution in [2.45, 2.75) is 32.7 Å². The van der Waals surface area contributed by atoms with Gasteiger partial charge in [-0.2, -0.15) is 0 Å². The van der Waals surface area contributed by atoms with E-state index in [0.717, 1.165) is 43.7 Å². The van der Waals surface area contributed by atoms with Crippen LogP contribution in [0.2, 0.25) is 0 Å². The molecule has 0 aliphatic carbocycles. The molecule has 0 aliphatic heterocycles. The Hall–Kier alpha value is -1.00. The molecular formula is C13H21N3S. The summed E-state index contributed by atoms with van der Waals surface area (Å²) in [5.74, 6) is 0. The minimum atomic E-state index is 0.619. The average Bonchev–Trinajstić information content (AvgIpc) is 2.24. The normalized spacial score (nSPS) is 10.8. The Bertz CT molecular complexity index is 365. The van der Waals surface area contributed by atoms with Crippen LogP contribution in [-0.2, 0) is 6.54 Å². The van der Waals surface area contributed by atoms with Gasteiger partial charge < -0.3 is 10.6 Å². The fraction of sp³-hybridized carbons (Fsp3) is 0.538. The molecule has 17 heavy (non-hydrogen) atoms. The molecule has 94 valence electrons. The lowest BCUT2D eigenvalue weighted by molar-refractivity contribution is 0.315. The first-order chi connectivity index (χ1) is 8.08. The number of aryl methyl sites for hydroxylation is 1. The topological polar surface area (TPSA) is 42.1 Å². The van der Waals surface area contributed by atoms with Gasteiger partial charge in [-0.1, -0.05) is 18.3 Å². The summed E-state index contributed by atoms with van der Waals surface area (Å²) in [5.41, 5.74) is 7.66. The second kappa shape index (κ2) is 7.35. The highest BCUT2D eigenvalue weighted by molar-refractivity contribution is 7.80. The van der Waals surface area contributed by atoms with Gasteiger partial charge in [0.1, 0.15) is 0 Å². The maximum atomic E-state index is 5.46. The van der Waals surface area contributed by atoms with Crippen molar-refractivity contribution in [3.8, 4) is 0 Å². The predicted octanol–water partition coefficient (Wildman–Crippen LogP) is 2.28. The van der Waals surface area contributed by atoms with Crippen molar-refractivity contribution in [2.24, 2.45) is 5.73 Å². The van der Waals surface area contributed by atoms with Crippen LogP contribution in [0.25, 0.3) is 0 Å². The molecule has 0 fully saturated rings. The highest BCUT2D eigenvalue weighted by Crippen LogP contribution is 2.04. The van der Waals surface area contributed by atoms with Gasteiger partial charge >= 0.3 is 0 Å². The Balaban J connectivity index is 2.25. The molecule has 0 radical (unpaired) electrons. The lowest BCUT2D eigenvalue weighted by Gasteiger charge is -2.16. The van der Waals surface area contributed by atoms with Crippen molar-refractivity contribution in [3.63, 3.8) is 0 Å². The summed E-state index contributed by atoms with van der Waals surface area (Å²) in [6.45, 7) is 3.97. The van der Waals surface area contributed by atoms with E-state index in [9.17, 15) is 0 Å². The van der Waals surface area contributed by atoms with Crippen molar-refractivity contribution in [2.75, 3.05) is 13.6 Å². The lowest BCUT2D eigenvalue weighted by Crippen LogP contribution is -2.20. The van der Waals surface area contributed by atoms with Crippen LogP contribution in [0.4, 0.5) is 0 Å². The molecule has 0 saturated heterocycles. The van der Waals surface area contributed by atoms with Gasteiger partial charge in [-0.15, -0.1) is 0 Å². The molecule has 4 heteroatoms. The first-order valence-corrected chi connectivity index (χ1v) is 6.38. The molecule has 0 amide bonds. The maximum absolute atomic E-state index is 5.46. The van der Waals surface area contributed by atoms with Crippen LogP contribution >= 0.6 is 12.2 Å². The summed E-state index contributed by atoms with van der Waals surface area (Å²) < 4.78 is 0. The Morgan fingerprint density at radius 1 is 1.41 bits per heavy atom. The van der Waals surface area contributed by atoms with E-state index < -0.39 is 0 Å². The Morgan fingerprint density at radius 3 is 2.82 bits per heavy atom. The van der Waals surface area contributed by atoms with E-state index in [-0.39, 0.29) is 0 Å². The van der Waals surface area contributed by atoms with Crippen LogP contribution in [0.15, 0.2) is 18.2 Å². The third kappa shape index (κ3) is 6.34. The molecule has 0 aliphatic rings. The van der Waals surface area contributed by atoms with Gasteiger partial charge in [0.15, 0.2) is 0 Å². The van der Waals surface area contributed by atoms with E-state index in [4.69, 9.17) is 18.0 Å². The summed E-state index contributed by atoms with van der Waals surface area (Å²) in [4.78, 5) is 7.38. The zero-order valence-corrected chi connectivity index (χ0v) is 11.5. The molecule has 1 heterocycles. The molecule has 0 unspecified atom stereocenters. The quantitative estimate of drug-likeness (QED) is 0.596. The monoisotopic (exact) mass is 251 g/mol. The van der Waals surface area contributed by atoms with Crippen molar-refractivity contribution < 1.29 is 0 Å². The van der Waals surface area contributed by atoms with Crippen LogP contribution < -0.4 is 5.73 Å². The summed E-state index contributed by atoms with van der Waals surface area (Å²) in [5, 5.41) is 0. The standard InChI is InChI=1S/C13H21N3S/c1-11-6-5-7-12(15-11)10-16(2)9-4-3-8-13(14)17/h5-7H,3-4,8-10H2,1-2H3,(H2,14,17). The first kappa shape index (κ1) is 14.1. The number of pyridine rings is 1. The van der Waals surface area contributed by atoms with E-state index in [1.54, 1.807) is 0 Å². The molecule has 3 nitrogen and oxygen atoms in total. The molecule has 1 aromatic heterocycles. The van der Waals surface area contributed by atoms with Gasteiger partial charge in [-0.25, -0.2) is 0 Å². The number of hydrogen-bond acceptors (Lipinski definition) is 3. The number of nitrogens with zero attached hydrogens (tertiary/aromatic N) is 2. The zero-order valence-electron chi connectivity index (χ0n) is 10.6. The second-order valence-electron chi connectivity index (χ2n) is 4.43. The molecule has 2 N–H and O–H groups in total. The zero-order chi connectivity index (χ0) is 12.7. The molecule has 0 saturated carbocycles.